The van der Waals surface area contributed by atoms with Gasteiger partial charge in [-0.3, -0.25) is 4.79 Å². The first kappa shape index (κ1) is 6.02. The minimum atomic E-state index is -0.888. The molecule has 0 spiro atoms. The Morgan fingerprint density at radius 3 is 2.50 bits per heavy atom. The molecular formula is C5H6ClFO. The van der Waals surface area contributed by atoms with Crippen LogP contribution in [0.4, 0.5) is 4.39 Å². The summed E-state index contributed by atoms with van der Waals surface area (Å²) in [6, 6.07) is 0. The van der Waals surface area contributed by atoms with Gasteiger partial charge >= 0.3 is 0 Å². The molecule has 0 heterocycles. The zero-order valence-electron chi connectivity index (χ0n) is 4.23. The number of alkyl halides is 2. The van der Waals surface area contributed by atoms with Crippen molar-refractivity contribution in [3.63, 3.8) is 0 Å². The van der Waals surface area contributed by atoms with Crippen molar-refractivity contribution in [2.24, 2.45) is 5.92 Å². The van der Waals surface area contributed by atoms with Gasteiger partial charge in [0.05, 0.1) is 11.8 Å². The number of ketones is 1. The average Bonchev–Trinajstić information content (AvgIpc) is 2.45. The van der Waals surface area contributed by atoms with Gasteiger partial charge in [0.2, 0.25) is 0 Å². The highest BCUT2D eigenvalue weighted by molar-refractivity contribution is 6.28. The van der Waals surface area contributed by atoms with Gasteiger partial charge < -0.3 is 0 Å². The van der Waals surface area contributed by atoms with Crippen molar-refractivity contribution >= 4 is 17.4 Å². The predicted molar refractivity (Wildman–Crippen MR) is 28.7 cm³/mol. The Bertz CT molecular complexity index is 115. The van der Waals surface area contributed by atoms with Crippen molar-refractivity contribution in [3.05, 3.63) is 0 Å². The van der Waals surface area contributed by atoms with Crippen molar-refractivity contribution in [2.75, 3.05) is 5.88 Å². The largest absolute Gasteiger partial charge is 0.298 e. The second-order valence-corrected chi connectivity index (χ2v) is 2.23. The molecule has 0 radical (unpaired) electrons. The Morgan fingerprint density at radius 1 is 1.88 bits per heavy atom. The minimum absolute atomic E-state index is 0.0366. The molecule has 1 rings (SSSR count). The number of carbonyl (C=O) groups excluding carboxylic acids is 1. The predicted octanol–water partition coefficient (Wildman–Crippen LogP) is 1.15. The standard InChI is InChI=1S/C5H6ClFO/c6-2-5(8)3-1-4(3)7/h3-4H,1-2H2/t3-,4+/m1/s1. The maximum Gasteiger partial charge on any atom is 0.153 e. The molecular weight excluding hydrogens is 131 g/mol. The molecule has 3 heteroatoms. The van der Waals surface area contributed by atoms with Crippen LogP contribution in [-0.2, 0) is 4.79 Å². The lowest BCUT2D eigenvalue weighted by atomic mass is 10.3. The first-order valence-electron chi connectivity index (χ1n) is 2.48. The van der Waals surface area contributed by atoms with Gasteiger partial charge in [-0.2, -0.15) is 0 Å². The zero-order valence-corrected chi connectivity index (χ0v) is 4.99. The van der Waals surface area contributed by atoms with Gasteiger partial charge in [0.15, 0.2) is 5.78 Å². The van der Waals surface area contributed by atoms with Gasteiger partial charge in [0.25, 0.3) is 0 Å². The fourth-order valence-electron chi connectivity index (χ4n) is 0.596. The number of halogens is 2. The molecule has 0 aromatic carbocycles. The topological polar surface area (TPSA) is 17.1 Å². The maximum absolute atomic E-state index is 11.9. The van der Waals surface area contributed by atoms with E-state index in [1.54, 1.807) is 0 Å². The van der Waals surface area contributed by atoms with Crippen LogP contribution in [0, 0.1) is 5.92 Å². The van der Waals surface area contributed by atoms with Crippen molar-refractivity contribution < 1.29 is 9.18 Å². The van der Waals surface area contributed by atoms with E-state index in [-0.39, 0.29) is 17.6 Å². The summed E-state index contributed by atoms with van der Waals surface area (Å²) in [4.78, 5) is 10.4. The minimum Gasteiger partial charge on any atom is -0.298 e. The van der Waals surface area contributed by atoms with E-state index >= 15 is 0 Å². The number of carbonyl (C=O) groups is 1. The highest BCUT2D eigenvalue weighted by Gasteiger charge is 2.42. The Hall–Kier alpha value is -0.110. The SMILES string of the molecule is O=C(CCl)[C@@H]1C[C@@H]1F. The van der Waals surface area contributed by atoms with E-state index in [0.29, 0.717) is 6.42 Å². The van der Waals surface area contributed by atoms with Crippen LogP contribution in [-0.4, -0.2) is 17.8 Å². The van der Waals surface area contributed by atoms with E-state index in [0.717, 1.165) is 0 Å². The number of rotatable bonds is 2. The second-order valence-electron chi connectivity index (χ2n) is 1.96. The number of Topliss-reactive ketones (excluding diaryl/α,β-unsaturated/α-hetero) is 1. The van der Waals surface area contributed by atoms with Crippen molar-refractivity contribution in [1.29, 1.82) is 0 Å². The van der Waals surface area contributed by atoms with Crippen LogP contribution in [0.1, 0.15) is 6.42 Å². The molecule has 0 amide bonds. The molecule has 46 valence electrons. The summed E-state index contributed by atoms with van der Waals surface area (Å²) < 4.78 is 11.9. The van der Waals surface area contributed by atoms with Crippen LogP contribution in [0.15, 0.2) is 0 Å². The molecule has 0 aromatic heterocycles. The highest BCUT2D eigenvalue weighted by Crippen LogP contribution is 2.34. The van der Waals surface area contributed by atoms with Gasteiger partial charge in [-0.05, 0) is 6.42 Å². The molecule has 0 unspecified atom stereocenters. The van der Waals surface area contributed by atoms with Crippen molar-refractivity contribution in [3.8, 4) is 0 Å². The van der Waals surface area contributed by atoms with Crippen molar-refractivity contribution in [1.82, 2.24) is 0 Å². The smallest absolute Gasteiger partial charge is 0.153 e. The normalized spacial score (nSPS) is 34.8. The van der Waals surface area contributed by atoms with Gasteiger partial charge in [-0.15, -0.1) is 11.6 Å². The number of hydrogen-bond donors (Lipinski definition) is 0. The monoisotopic (exact) mass is 136 g/mol. The quantitative estimate of drug-likeness (QED) is 0.521. The van der Waals surface area contributed by atoms with Crippen LogP contribution in [0.2, 0.25) is 0 Å². The lowest BCUT2D eigenvalue weighted by Crippen LogP contribution is -2.03. The molecule has 1 saturated carbocycles. The van der Waals surface area contributed by atoms with Gasteiger partial charge in [0.1, 0.15) is 6.17 Å². The van der Waals surface area contributed by atoms with Crippen molar-refractivity contribution in [2.45, 2.75) is 12.6 Å². The van der Waals surface area contributed by atoms with E-state index < -0.39 is 6.17 Å². The van der Waals surface area contributed by atoms with Gasteiger partial charge in [0, 0.05) is 0 Å². The summed E-state index contributed by atoms with van der Waals surface area (Å²) in [5.41, 5.74) is 0. The molecule has 1 aliphatic carbocycles. The number of hydrogen-bond acceptors (Lipinski definition) is 1. The van der Waals surface area contributed by atoms with Gasteiger partial charge in [-0.1, -0.05) is 0 Å². The third-order valence-electron chi connectivity index (χ3n) is 1.26. The fraction of sp³-hybridized carbons (Fsp3) is 0.800. The van der Waals surface area contributed by atoms with E-state index in [2.05, 4.69) is 0 Å². The zero-order chi connectivity index (χ0) is 6.15. The van der Waals surface area contributed by atoms with Gasteiger partial charge in [-0.25, -0.2) is 4.39 Å². The molecule has 2 atom stereocenters. The second kappa shape index (κ2) is 2.02. The molecule has 1 aliphatic rings. The third-order valence-corrected chi connectivity index (χ3v) is 1.52. The molecule has 0 aliphatic heterocycles. The fourth-order valence-corrected chi connectivity index (χ4v) is 0.794. The summed E-state index contributed by atoms with van der Waals surface area (Å²) >= 11 is 5.14. The van der Waals surface area contributed by atoms with E-state index in [9.17, 15) is 9.18 Å². The molecule has 0 N–H and O–H groups in total. The third kappa shape index (κ3) is 0.996. The summed E-state index contributed by atoms with van der Waals surface area (Å²) in [6.07, 6.45) is -0.493. The van der Waals surface area contributed by atoms with Crippen LogP contribution in [0.25, 0.3) is 0 Å². The first-order valence-corrected chi connectivity index (χ1v) is 3.02. The molecule has 8 heavy (non-hydrogen) atoms. The summed E-state index contributed by atoms with van der Waals surface area (Å²) in [6.45, 7) is 0. The lowest BCUT2D eigenvalue weighted by molar-refractivity contribution is -0.118. The Labute approximate surface area is 51.8 Å². The summed E-state index contributed by atoms with van der Waals surface area (Å²) in [7, 11) is 0. The molecule has 0 aromatic rings. The Balaban J connectivity index is 2.28. The highest BCUT2D eigenvalue weighted by atomic mass is 35.5. The lowest BCUT2D eigenvalue weighted by Gasteiger charge is -1.84. The van der Waals surface area contributed by atoms with E-state index in [1.165, 1.54) is 0 Å². The van der Waals surface area contributed by atoms with Crippen LogP contribution in [0.5, 0.6) is 0 Å². The molecule has 0 saturated heterocycles. The van der Waals surface area contributed by atoms with Crippen LogP contribution in [0.3, 0.4) is 0 Å². The molecule has 1 fully saturated rings. The van der Waals surface area contributed by atoms with E-state index in [1.807, 2.05) is 0 Å². The Kier molecular flexibility index (Phi) is 1.52. The summed E-state index contributed by atoms with van der Waals surface area (Å²) in [5, 5.41) is 0. The first-order chi connectivity index (χ1) is 3.75. The Morgan fingerprint density at radius 2 is 2.38 bits per heavy atom. The van der Waals surface area contributed by atoms with Crippen LogP contribution < -0.4 is 0 Å². The molecule has 1 nitrogen and oxygen atoms in total. The van der Waals surface area contributed by atoms with Crippen LogP contribution >= 0.6 is 11.6 Å². The molecule has 0 bridgehead atoms. The average molecular weight is 137 g/mol. The van der Waals surface area contributed by atoms with E-state index in [4.69, 9.17) is 11.6 Å². The summed E-state index contributed by atoms with van der Waals surface area (Å²) in [5.74, 6) is -0.544. The maximum atomic E-state index is 11.9.